The maximum absolute atomic E-state index is 5.87. The van der Waals surface area contributed by atoms with Crippen LogP contribution in [0.4, 0.5) is 0 Å². The Balaban J connectivity index is 1.84. The fourth-order valence-corrected chi connectivity index (χ4v) is 2.33. The molecule has 0 aliphatic heterocycles. The van der Waals surface area contributed by atoms with Gasteiger partial charge in [-0.05, 0) is 40.8 Å². The van der Waals surface area contributed by atoms with Crippen molar-refractivity contribution in [2.75, 3.05) is 6.61 Å². The summed E-state index contributed by atoms with van der Waals surface area (Å²) >= 11 is 3.49. The van der Waals surface area contributed by atoms with Crippen LogP contribution < -0.4 is 4.74 Å². The largest absolute Gasteiger partial charge is 0.492 e. The number of nitrogens with one attached hydrogen (secondary N) is 1. The standard InChI is InChI=1S/C16H20BrN3O/c1-16(2,3)15-7-13(19-20-15)12-6-14(11(17)8-18-12)21-9-10-4-5-10/h6-8,10H,4-5,9H2,1-3H3,(H,19,20). The van der Waals surface area contributed by atoms with Crippen LogP contribution in [0.25, 0.3) is 11.4 Å². The Morgan fingerprint density at radius 1 is 1.29 bits per heavy atom. The minimum atomic E-state index is 0.0475. The molecule has 1 fully saturated rings. The third-order valence-corrected chi connectivity index (χ3v) is 4.24. The van der Waals surface area contributed by atoms with E-state index in [1.807, 2.05) is 6.07 Å². The van der Waals surface area contributed by atoms with Gasteiger partial charge >= 0.3 is 0 Å². The first-order chi connectivity index (χ1) is 9.93. The molecule has 2 aromatic rings. The molecular weight excluding hydrogens is 330 g/mol. The van der Waals surface area contributed by atoms with E-state index in [4.69, 9.17) is 4.74 Å². The van der Waals surface area contributed by atoms with Crippen molar-refractivity contribution in [3.05, 3.63) is 28.5 Å². The molecule has 0 aromatic carbocycles. The Hall–Kier alpha value is -1.36. The van der Waals surface area contributed by atoms with Gasteiger partial charge in [-0.3, -0.25) is 10.1 Å². The molecule has 1 N–H and O–H groups in total. The molecule has 5 heteroatoms. The Kier molecular flexibility index (Phi) is 3.78. The highest BCUT2D eigenvalue weighted by Crippen LogP contribution is 2.33. The first-order valence-electron chi connectivity index (χ1n) is 7.28. The van der Waals surface area contributed by atoms with Gasteiger partial charge < -0.3 is 4.74 Å². The number of aromatic nitrogens is 3. The van der Waals surface area contributed by atoms with Gasteiger partial charge in [0.2, 0.25) is 0 Å². The highest BCUT2D eigenvalue weighted by atomic mass is 79.9. The summed E-state index contributed by atoms with van der Waals surface area (Å²) in [5.41, 5.74) is 2.83. The molecule has 21 heavy (non-hydrogen) atoms. The summed E-state index contributed by atoms with van der Waals surface area (Å²) < 4.78 is 6.76. The van der Waals surface area contributed by atoms with Crippen molar-refractivity contribution in [1.82, 2.24) is 15.2 Å². The Bertz CT molecular complexity index is 641. The van der Waals surface area contributed by atoms with E-state index in [0.717, 1.165) is 39.8 Å². The van der Waals surface area contributed by atoms with Crippen LogP contribution >= 0.6 is 15.9 Å². The molecule has 0 unspecified atom stereocenters. The van der Waals surface area contributed by atoms with Crippen LogP contribution in [0.5, 0.6) is 5.75 Å². The van der Waals surface area contributed by atoms with Crippen molar-refractivity contribution in [3.63, 3.8) is 0 Å². The minimum Gasteiger partial charge on any atom is -0.492 e. The molecule has 1 aliphatic rings. The number of hydrogen-bond donors (Lipinski definition) is 1. The quantitative estimate of drug-likeness (QED) is 0.893. The maximum Gasteiger partial charge on any atom is 0.137 e. The zero-order valence-corrected chi connectivity index (χ0v) is 14.2. The Labute approximate surface area is 133 Å². The fraction of sp³-hybridized carbons (Fsp3) is 0.500. The topological polar surface area (TPSA) is 50.8 Å². The van der Waals surface area contributed by atoms with Crippen molar-refractivity contribution < 1.29 is 4.74 Å². The molecule has 0 saturated heterocycles. The summed E-state index contributed by atoms with van der Waals surface area (Å²) in [7, 11) is 0. The summed E-state index contributed by atoms with van der Waals surface area (Å²) in [6.45, 7) is 7.26. The van der Waals surface area contributed by atoms with Gasteiger partial charge in [-0.15, -0.1) is 0 Å². The molecule has 0 bridgehead atoms. The van der Waals surface area contributed by atoms with Crippen molar-refractivity contribution in [3.8, 4) is 17.1 Å². The van der Waals surface area contributed by atoms with Gasteiger partial charge in [-0.1, -0.05) is 20.8 Å². The number of H-pyrrole nitrogens is 1. The Morgan fingerprint density at radius 3 is 2.67 bits per heavy atom. The lowest BCUT2D eigenvalue weighted by Crippen LogP contribution is -2.11. The molecule has 4 nitrogen and oxygen atoms in total. The van der Waals surface area contributed by atoms with E-state index >= 15 is 0 Å². The fourth-order valence-electron chi connectivity index (χ4n) is 2.00. The predicted octanol–water partition coefficient (Wildman–Crippen LogP) is 4.32. The van der Waals surface area contributed by atoms with Crippen molar-refractivity contribution in [2.24, 2.45) is 5.92 Å². The van der Waals surface area contributed by atoms with Crippen molar-refractivity contribution in [1.29, 1.82) is 0 Å². The van der Waals surface area contributed by atoms with Gasteiger partial charge in [0.25, 0.3) is 0 Å². The maximum atomic E-state index is 5.87. The summed E-state index contributed by atoms with van der Waals surface area (Å²) in [4.78, 5) is 4.44. The SMILES string of the molecule is CC(C)(C)c1cc(-c2cc(OCC3CC3)c(Br)cn2)n[nH]1. The van der Waals surface area contributed by atoms with Crippen LogP contribution in [0.15, 0.2) is 22.8 Å². The monoisotopic (exact) mass is 349 g/mol. The highest BCUT2D eigenvalue weighted by Gasteiger charge is 2.23. The van der Waals surface area contributed by atoms with Crippen LogP contribution in [-0.4, -0.2) is 21.8 Å². The molecule has 0 spiro atoms. The molecule has 2 heterocycles. The van der Waals surface area contributed by atoms with E-state index in [9.17, 15) is 0 Å². The summed E-state index contributed by atoms with van der Waals surface area (Å²) in [5.74, 6) is 1.57. The van der Waals surface area contributed by atoms with Gasteiger partial charge in [0, 0.05) is 23.4 Å². The highest BCUT2D eigenvalue weighted by molar-refractivity contribution is 9.10. The van der Waals surface area contributed by atoms with Crippen LogP contribution in [0.1, 0.15) is 39.3 Å². The lowest BCUT2D eigenvalue weighted by molar-refractivity contribution is 0.298. The number of hydrogen-bond acceptors (Lipinski definition) is 3. The number of nitrogens with zero attached hydrogens (tertiary/aromatic N) is 2. The number of aromatic amines is 1. The molecule has 0 amide bonds. The average molecular weight is 350 g/mol. The van der Waals surface area contributed by atoms with Crippen molar-refractivity contribution >= 4 is 15.9 Å². The van der Waals surface area contributed by atoms with Gasteiger partial charge in [-0.25, -0.2) is 0 Å². The third-order valence-electron chi connectivity index (χ3n) is 3.64. The molecule has 2 aromatic heterocycles. The number of rotatable bonds is 4. The summed E-state index contributed by atoms with van der Waals surface area (Å²) in [5, 5.41) is 7.47. The molecule has 0 atom stereocenters. The molecule has 3 rings (SSSR count). The van der Waals surface area contributed by atoms with E-state index in [0.29, 0.717) is 0 Å². The first-order valence-corrected chi connectivity index (χ1v) is 8.07. The molecular formula is C16H20BrN3O. The first kappa shape index (κ1) is 14.6. The van der Waals surface area contributed by atoms with Gasteiger partial charge in [0.1, 0.15) is 11.4 Å². The van der Waals surface area contributed by atoms with Gasteiger partial charge in [-0.2, -0.15) is 5.10 Å². The van der Waals surface area contributed by atoms with Crippen LogP contribution in [0.2, 0.25) is 0 Å². The third kappa shape index (κ3) is 3.46. The summed E-state index contributed by atoms with van der Waals surface area (Å²) in [6.07, 6.45) is 4.34. The van der Waals surface area contributed by atoms with E-state index in [1.165, 1.54) is 12.8 Å². The Morgan fingerprint density at radius 2 is 2.05 bits per heavy atom. The van der Waals surface area contributed by atoms with Crippen LogP contribution in [0.3, 0.4) is 0 Å². The lowest BCUT2D eigenvalue weighted by atomic mass is 9.92. The van der Waals surface area contributed by atoms with Crippen LogP contribution in [-0.2, 0) is 5.41 Å². The number of ether oxygens (including phenoxy) is 1. The molecule has 0 radical (unpaired) electrons. The molecule has 1 aliphatic carbocycles. The zero-order chi connectivity index (χ0) is 15.0. The minimum absolute atomic E-state index is 0.0475. The second-order valence-corrected chi connectivity index (χ2v) is 7.53. The van der Waals surface area contributed by atoms with Crippen LogP contribution in [0, 0.1) is 5.92 Å². The molecule has 1 saturated carbocycles. The van der Waals surface area contributed by atoms with E-state index in [-0.39, 0.29) is 5.41 Å². The van der Waals surface area contributed by atoms with Gasteiger partial charge in [0.05, 0.1) is 16.8 Å². The van der Waals surface area contributed by atoms with E-state index in [1.54, 1.807) is 6.20 Å². The number of pyridine rings is 1. The summed E-state index contributed by atoms with van der Waals surface area (Å²) in [6, 6.07) is 4.01. The van der Waals surface area contributed by atoms with E-state index < -0.39 is 0 Å². The van der Waals surface area contributed by atoms with Crippen molar-refractivity contribution in [2.45, 2.75) is 39.0 Å². The zero-order valence-electron chi connectivity index (χ0n) is 12.6. The molecule has 112 valence electrons. The average Bonchev–Trinajstić information content (AvgIpc) is 3.10. The van der Waals surface area contributed by atoms with E-state index in [2.05, 4.69) is 57.9 Å². The second kappa shape index (κ2) is 5.44. The lowest BCUT2D eigenvalue weighted by Gasteiger charge is -2.14. The second-order valence-electron chi connectivity index (χ2n) is 6.67. The smallest absolute Gasteiger partial charge is 0.137 e. The number of halogens is 1. The van der Waals surface area contributed by atoms with Gasteiger partial charge in [0.15, 0.2) is 0 Å². The normalized spacial score (nSPS) is 15.2. The predicted molar refractivity (Wildman–Crippen MR) is 86.4 cm³/mol.